The average Bonchev–Trinajstić information content (AvgIpc) is 2.95. The lowest BCUT2D eigenvalue weighted by Gasteiger charge is -2.13. The van der Waals surface area contributed by atoms with Gasteiger partial charge in [0.2, 0.25) is 0 Å². The van der Waals surface area contributed by atoms with Crippen molar-refractivity contribution >= 4 is 75.4 Å². The summed E-state index contributed by atoms with van der Waals surface area (Å²) in [6.07, 6.45) is 0. The first kappa shape index (κ1) is 19.6. The molecule has 0 bridgehead atoms. The van der Waals surface area contributed by atoms with Gasteiger partial charge in [-0.25, -0.2) is 0 Å². The van der Waals surface area contributed by atoms with Gasteiger partial charge in [-0.05, 0) is 87.5 Å². The molecule has 2 radical (unpaired) electrons. The molecule has 9 aromatic rings. The van der Waals surface area contributed by atoms with E-state index in [1.165, 1.54) is 75.4 Å². The fourth-order valence-corrected chi connectivity index (χ4v) is 6.08. The molecule has 0 fully saturated rings. The Morgan fingerprint density at radius 3 is 1.56 bits per heavy atom. The summed E-state index contributed by atoms with van der Waals surface area (Å²) in [4.78, 5) is 0. The zero-order valence-electron chi connectivity index (χ0n) is 19.5. The largest absolute Gasteiger partial charge is 0.0610 e. The summed E-state index contributed by atoms with van der Waals surface area (Å²) >= 11 is 0. The summed E-state index contributed by atoms with van der Waals surface area (Å²) in [6.45, 7) is 0. The number of rotatable bonds is 0. The Balaban J connectivity index is 0.000000117. The predicted octanol–water partition coefficient (Wildman–Crippen LogP) is 9.92. The van der Waals surface area contributed by atoms with Crippen LogP contribution in [0.5, 0.6) is 0 Å². The summed E-state index contributed by atoms with van der Waals surface area (Å²) in [6, 6.07) is 50.0. The van der Waals surface area contributed by atoms with E-state index in [1.807, 2.05) is 12.1 Å². The first-order valence-corrected chi connectivity index (χ1v) is 12.4. The van der Waals surface area contributed by atoms with E-state index in [0.717, 1.165) is 0 Å². The lowest BCUT2D eigenvalue weighted by molar-refractivity contribution is 1.77. The van der Waals surface area contributed by atoms with Gasteiger partial charge in [0.15, 0.2) is 0 Å². The second-order valence-corrected chi connectivity index (χ2v) is 9.53. The Kier molecular flexibility index (Phi) is 4.03. The van der Waals surface area contributed by atoms with Crippen LogP contribution in [0.25, 0.3) is 75.4 Å². The molecule has 0 unspecified atom stereocenters. The van der Waals surface area contributed by atoms with Gasteiger partial charge in [0.05, 0.1) is 0 Å². The Hall–Kier alpha value is -4.68. The van der Waals surface area contributed by atoms with Gasteiger partial charge in [-0.15, -0.1) is 0 Å². The normalized spacial score (nSPS) is 11.9. The van der Waals surface area contributed by atoms with Crippen LogP contribution in [0.1, 0.15) is 0 Å². The van der Waals surface area contributed by atoms with Crippen LogP contribution in [-0.4, -0.2) is 0 Å². The van der Waals surface area contributed by atoms with Gasteiger partial charge >= 0.3 is 0 Å². The fraction of sp³-hybridized carbons (Fsp3) is 0. The molecule has 0 nitrogen and oxygen atoms in total. The molecular weight excluding hydrogens is 432 g/mol. The third kappa shape index (κ3) is 2.70. The van der Waals surface area contributed by atoms with Crippen molar-refractivity contribution in [3.8, 4) is 0 Å². The van der Waals surface area contributed by atoms with Gasteiger partial charge in [0, 0.05) is 0 Å². The van der Waals surface area contributed by atoms with E-state index in [-0.39, 0.29) is 0 Å². The van der Waals surface area contributed by atoms with Crippen molar-refractivity contribution in [2.45, 2.75) is 0 Å². The maximum absolute atomic E-state index is 3.45. The summed E-state index contributed by atoms with van der Waals surface area (Å²) in [5, 5.41) is 18.4. The molecule has 0 N–H and O–H groups in total. The maximum Gasteiger partial charge on any atom is -0.00139 e. The minimum atomic E-state index is 1.21. The number of hydrogen-bond acceptors (Lipinski definition) is 0. The van der Waals surface area contributed by atoms with E-state index in [0.29, 0.717) is 0 Å². The van der Waals surface area contributed by atoms with Gasteiger partial charge in [-0.2, -0.15) is 0 Å². The number of hydrogen-bond donors (Lipinski definition) is 0. The molecule has 0 saturated heterocycles. The second-order valence-electron chi connectivity index (χ2n) is 9.53. The van der Waals surface area contributed by atoms with Gasteiger partial charge < -0.3 is 0 Å². The predicted molar refractivity (Wildman–Crippen MR) is 155 cm³/mol. The van der Waals surface area contributed by atoms with Crippen LogP contribution < -0.4 is 0 Å². The minimum Gasteiger partial charge on any atom is -0.0610 e. The number of fused-ring (bicyclic) bond motifs is 2. The first-order valence-electron chi connectivity index (χ1n) is 12.4. The van der Waals surface area contributed by atoms with Crippen LogP contribution in [0, 0.1) is 12.1 Å². The highest BCUT2D eigenvalue weighted by molar-refractivity contribution is 6.32. The molecular formula is C36H20. The van der Waals surface area contributed by atoms with Crippen molar-refractivity contribution in [1.82, 2.24) is 0 Å². The Morgan fingerprint density at radius 2 is 0.833 bits per heavy atom. The topological polar surface area (TPSA) is 0 Å². The van der Waals surface area contributed by atoms with E-state index < -0.39 is 0 Å². The summed E-state index contributed by atoms with van der Waals surface area (Å²) in [7, 11) is 0. The highest BCUT2D eigenvalue weighted by atomic mass is 14.1. The van der Waals surface area contributed by atoms with Gasteiger partial charge in [-0.3, -0.25) is 0 Å². The molecule has 0 saturated carbocycles. The second kappa shape index (κ2) is 7.41. The molecule has 0 aromatic heterocycles. The molecule has 0 aliphatic rings. The lowest BCUT2D eigenvalue weighted by atomic mass is 9.90. The van der Waals surface area contributed by atoms with Crippen LogP contribution in [-0.2, 0) is 0 Å². The van der Waals surface area contributed by atoms with Crippen molar-refractivity contribution in [1.29, 1.82) is 0 Å². The summed E-state index contributed by atoms with van der Waals surface area (Å²) in [5.74, 6) is 0. The molecule has 36 heavy (non-hydrogen) atoms. The molecule has 0 aliphatic carbocycles. The van der Waals surface area contributed by atoms with Crippen LogP contribution >= 0.6 is 0 Å². The van der Waals surface area contributed by atoms with Crippen LogP contribution in [0.4, 0.5) is 0 Å². The highest BCUT2D eigenvalue weighted by Gasteiger charge is 2.11. The first-order chi connectivity index (χ1) is 17.9. The van der Waals surface area contributed by atoms with Crippen LogP contribution in [0.2, 0.25) is 0 Å². The average molecular weight is 453 g/mol. The smallest absolute Gasteiger partial charge is 0.00139 e. The molecule has 0 amide bonds. The molecule has 9 rings (SSSR count). The van der Waals surface area contributed by atoms with E-state index in [9.17, 15) is 0 Å². The van der Waals surface area contributed by atoms with E-state index in [1.54, 1.807) is 0 Å². The Labute approximate surface area is 208 Å². The van der Waals surface area contributed by atoms with E-state index in [4.69, 9.17) is 0 Å². The SMILES string of the molecule is [c]1ccc2ccc3cccc4ccc1c2c43.[c]1ccc2cccc3c4cccc5cccc(c1c23)c54. The van der Waals surface area contributed by atoms with Crippen LogP contribution in [0.15, 0.2) is 121 Å². The zero-order valence-corrected chi connectivity index (χ0v) is 19.5. The Bertz CT molecular complexity index is 1900. The number of benzene rings is 9. The van der Waals surface area contributed by atoms with E-state index in [2.05, 4.69) is 121 Å². The van der Waals surface area contributed by atoms with Gasteiger partial charge in [0.25, 0.3) is 0 Å². The summed E-state index contributed by atoms with van der Waals surface area (Å²) < 4.78 is 0. The van der Waals surface area contributed by atoms with Crippen LogP contribution in [0.3, 0.4) is 0 Å². The molecule has 0 spiro atoms. The molecule has 0 aliphatic heterocycles. The Morgan fingerprint density at radius 1 is 0.333 bits per heavy atom. The third-order valence-electron chi connectivity index (χ3n) is 7.61. The quantitative estimate of drug-likeness (QED) is 0.159. The standard InChI is InChI=1S/C20H11.C16H9/c1-5-13-6-2-11-17-18-12-4-8-14-7-3-10-16(20(14)18)15(9-1)19(13)17;1-3-11-7-9-13-5-2-6-14-10-8-12(4-1)15(11)16(13)14/h1-11H;1-5,7-10H. The molecule has 0 atom stereocenters. The highest BCUT2D eigenvalue weighted by Crippen LogP contribution is 2.39. The fourth-order valence-electron chi connectivity index (χ4n) is 6.08. The molecule has 0 heteroatoms. The van der Waals surface area contributed by atoms with Gasteiger partial charge in [0.1, 0.15) is 0 Å². The molecule has 164 valence electrons. The monoisotopic (exact) mass is 452 g/mol. The summed E-state index contributed by atoms with van der Waals surface area (Å²) in [5.41, 5.74) is 0. The minimum absolute atomic E-state index is 1.21. The van der Waals surface area contributed by atoms with Crippen molar-refractivity contribution in [2.75, 3.05) is 0 Å². The zero-order chi connectivity index (χ0) is 23.6. The maximum atomic E-state index is 3.45. The molecule has 9 aromatic carbocycles. The lowest BCUT2D eigenvalue weighted by Crippen LogP contribution is -1.86. The third-order valence-corrected chi connectivity index (χ3v) is 7.61. The van der Waals surface area contributed by atoms with E-state index >= 15 is 0 Å². The van der Waals surface area contributed by atoms with Crippen molar-refractivity contribution < 1.29 is 0 Å². The van der Waals surface area contributed by atoms with Crippen molar-refractivity contribution in [3.63, 3.8) is 0 Å². The van der Waals surface area contributed by atoms with Crippen molar-refractivity contribution in [2.24, 2.45) is 0 Å². The van der Waals surface area contributed by atoms with Crippen molar-refractivity contribution in [3.05, 3.63) is 133 Å². The molecule has 0 heterocycles. The van der Waals surface area contributed by atoms with Gasteiger partial charge in [-0.1, -0.05) is 121 Å².